The number of rotatable bonds is 3. The molecule has 17 heavy (non-hydrogen) atoms. The van der Waals surface area contributed by atoms with E-state index >= 15 is 0 Å². The lowest BCUT2D eigenvalue weighted by atomic mass is 10.1. The lowest BCUT2D eigenvalue weighted by Gasteiger charge is -2.31. The number of nitrogens with one attached hydrogen (secondary N) is 1. The van der Waals surface area contributed by atoms with Crippen LogP contribution >= 0.6 is 15.9 Å². The number of ether oxygens (including phenoxy) is 1. The van der Waals surface area contributed by atoms with E-state index in [1.807, 2.05) is 25.1 Å². The number of methoxy groups -OCH3 is 1. The van der Waals surface area contributed by atoms with Crippen LogP contribution in [-0.2, 0) is 4.74 Å². The predicted octanol–water partition coefficient (Wildman–Crippen LogP) is 2.31. The van der Waals surface area contributed by atoms with E-state index in [1.165, 1.54) is 0 Å². The van der Waals surface area contributed by atoms with Crippen molar-refractivity contribution < 1.29 is 9.53 Å². The Kier molecular flexibility index (Phi) is 3.69. The van der Waals surface area contributed by atoms with Crippen LogP contribution in [0.1, 0.15) is 17.3 Å². The van der Waals surface area contributed by atoms with Crippen molar-refractivity contribution in [1.29, 1.82) is 0 Å². The van der Waals surface area contributed by atoms with E-state index in [1.54, 1.807) is 12.0 Å². The first-order valence-corrected chi connectivity index (χ1v) is 6.26. The molecular weight excluding hydrogens is 284 g/mol. The van der Waals surface area contributed by atoms with E-state index in [4.69, 9.17) is 4.74 Å². The maximum absolute atomic E-state index is 12.2. The Morgan fingerprint density at radius 1 is 1.59 bits per heavy atom. The SMILES string of the molecule is CO[C@@H](C)CN1CNc2cc(Br)ccc2C1=O. The first-order valence-electron chi connectivity index (χ1n) is 5.47. The fourth-order valence-corrected chi connectivity index (χ4v) is 2.17. The summed E-state index contributed by atoms with van der Waals surface area (Å²) in [6, 6.07) is 5.63. The molecule has 1 amide bonds. The summed E-state index contributed by atoms with van der Waals surface area (Å²) in [6.45, 7) is 3.07. The Hall–Kier alpha value is -1.07. The van der Waals surface area contributed by atoms with Gasteiger partial charge in [0.15, 0.2) is 0 Å². The lowest BCUT2D eigenvalue weighted by Crippen LogP contribution is -2.43. The lowest BCUT2D eigenvalue weighted by molar-refractivity contribution is 0.0546. The molecule has 0 bridgehead atoms. The molecule has 0 unspecified atom stereocenters. The van der Waals surface area contributed by atoms with Gasteiger partial charge in [-0.3, -0.25) is 4.79 Å². The zero-order valence-corrected chi connectivity index (χ0v) is 11.5. The molecule has 0 aromatic heterocycles. The summed E-state index contributed by atoms with van der Waals surface area (Å²) >= 11 is 3.39. The van der Waals surface area contributed by atoms with Crippen molar-refractivity contribution >= 4 is 27.5 Å². The Balaban J connectivity index is 2.18. The van der Waals surface area contributed by atoms with Crippen molar-refractivity contribution in [3.05, 3.63) is 28.2 Å². The van der Waals surface area contributed by atoms with Crippen molar-refractivity contribution in [2.75, 3.05) is 25.6 Å². The van der Waals surface area contributed by atoms with Crippen LogP contribution in [0.15, 0.2) is 22.7 Å². The number of fused-ring (bicyclic) bond motifs is 1. The Morgan fingerprint density at radius 3 is 3.06 bits per heavy atom. The standard InChI is InChI=1S/C12H15BrN2O2/c1-8(17-2)6-15-7-14-11-5-9(13)3-4-10(11)12(15)16/h3-5,8,14H,6-7H2,1-2H3/t8-/m0/s1. The highest BCUT2D eigenvalue weighted by molar-refractivity contribution is 9.10. The zero-order valence-electron chi connectivity index (χ0n) is 9.87. The summed E-state index contributed by atoms with van der Waals surface area (Å²) in [7, 11) is 1.65. The average molecular weight is 299 g/mol. The minimum atomic E-state index is 0.0396. The molecule has 5 heteroatoms. The number of benzene rings is 1. The number of nitrogens with zero attached hydrogens (tertiary/aromatic N) is 1. The third-order valence-corrected chi connectivity index (χ3v) is 3.33. The van der Waals surface area contributed by atoms with E-state index in [0.717, 1.165) is 10.2 Å². The highest BCUT2D eigenvalue weighted by Gasteiger charge is 2.24. The first kappa shape index (κ1) is 12.4. The molecule has 1 atom stereocenters. The largest absolute Gasteiger partial charge is 0.380 e. The summed E-state index contributed by atoms with van der Waals surface area (Å²) in [6.07, 6.45) is 0.0396. The third kappa shape index (κ3) is 2.61. The van der Waals surface area contributed by atoms with Gasteiger partial charge in [-0.2, -0.15) is 0 Å². The van der Waals surface area contributed by atoms with Gasteiger partial charge in [0.05, 0.1) is 18.3 Å². The van der Waals surface area contributed by atoms with Gasteiger partial charge in [-0.15, -0.1) is 0 Å². The molecule has 4 nitrogen and oxygen atoms in total. The van der Waals surface area contributed by atoms with E-state index in [0.29, 0.717) is 18.8 Å². The monoisotopic (exact) mass is 298 g/mol. The molecule has 0 saturated heterocycles. The molecular formula is C12H15BrN2O2. The van der Waals surface area contributed by atoms with Crippen molar-refractivity contribution in [2.24, 2.45) is 0 Å². The van der Waals surface area contributed by atoms with Crippen molar-refractivity contribution in [3.8, 4) is 0 Å². The van der Waals surface area contributed by atoms with Gasteiger partial charge in [-0.25, -0.2) is 0 Å². The van der Waals surface area contributed by atoms with Gasteiger partial charge in [0.2, 0.25) is 0 Å². The van der Waals surface area contributed by atoms with Crippen LogP contribution in [0.4, 0.5) is 5.69 Å². The van der Waals surface area contributed by atoms with E-state index in [9.17, 15) is 4.79 Å². The highest BCUT2D eigenvalue weighted by Crippen LogP contribution is 2.25. The minimum Gasteiger partial charge on any atom is -0.380 e. The number of halogens is 1. The van der Waals surface area contributed by atoms with Crippen LogP contribution in [0, 0.1) is 0 Å². The van der Waals surface area contributed by atoms with E-state index in [2.05, 4.69) is 21.2 Å². The Labute approximate surface area is 109 Å². The van der Waals surface area contributed by atoms with E-state index < -0.39 is 0 Å². The van der Waals surface area contributed by atoms with Gasteiger partial charge < -0.3 is 15.0 Å². The van der Waals surface area contributed by atoms with Crippen LogP contribution < -0.4 is 5.32 Å². The van der Waals surface area contributed by atoms with Gasteiger partial charge in [0.1, 0.15) is 0 Å². The second-order valence-electron chi connectivity index (χ2n) is 4.10. The maximum Gasteiger partial charge on any atom is 0.257 e. The topological polar surface area (TPSA) is 41.6 Å². The number of hydrogen-bond donors (Lipinski definition) is 1. The maximum atomic E-state index is 12.2. The molecule has 0 fully saturated rings. The smallest absolute Gasteiger partial charge is 0.257 e. The van der Waals surface area contributed by atoms with Crippen molar-refractivity contribution in [3.63, 3.8) is 0 Å². The fraction of sp³-hybridized carbons (Fsp3) is 0.417. The average Bonchev–Trinajstić information content (AvgIpc) is 2.32. The summed E-state index contributed by atoms with van der Waals surface area (Å²) in [5, 5.41) is 3.23. The Morgan fingerprint density at radius 2 is 2.35 bits per heavy atom. The quantitative estimate of drug-likeness (QED) is 0.931. The fourth-order valence-electron chi connectivity index (χ4n) is 1.80. The molecule has 1 heterocycles. The van der Waals surface area contributed by atoms with Crippen molar-refractivity contribution in [2.45, 2.75) is 13.0 Å². The van der Waals surface area contributed by atoms with Gasteiger partial charge >= 0.3 is 0 Å². The summed E-state index contributed by atoms with van der Waals surface area (Å²) in [4.78, 5) is 13.9. The molecule has 2 rings (SSSR count). The molecule has 1 aliphatic rings. The predicted molar refractivity (Wildman–Crippen MR) is 70.1 cm³/mol. The summed E-state index contributed by atoms with van der Waals surface area (Å²) in [5.74, 6) is 0.0511. The highest BCUT2D eigenvalue weighted by atomic mass is 79.9. The number of amides is 1. The summed E-state index contributed by atoms with van der Waals surface area (Å²) in [5.41, 5.74) is 1.59. The van der Waals surface area contributed by atoms with Crippen LogP contribution in [0.5, 0.6) is 0 Å². The summed E-state index contributed by atoms with van der Waals surface area (Å²) < 4.78 is 6.15. The van der Waals surface area contributed by atoms with Crippen LogP contribution in [0.3, 0.4) is 0 Å². The second-order valence-corrected chi connectivity index (χ2v) is 5.01. The van der Waals surface area contributed by atoms with Crippen LogP contribution in [-0.4, -0.2) is 37.2 Å². The number of carbonyl (C=O) groups excluding carboxylic acids is 1. The number of carbonyl (C=O) groups is 1. The zero-order chi connectivity index (χ0) is 12.4. The van der Waals surface area contributed by atoms with Gasteiger partial charge in [-0.05, 0) is 25.1 Å². The van der Waals surface area contributed by atoms with Gasteiger partial charge in [0.25, 0.3) is 5.91 Å². The van der Waals surface area contributed by atoms with Crippen molar-refractivity contribution in [1.82, 2.24) is 4.90 Å². The molecule has 0 spiro atoms. The molecule has 92 valence electrons. The van der Waals surface area contributed by atoms with Crippen LogP contribution in [0.2, 0.25) is 0 Å². The third-order valence-electron chi connectivity index (χ3n) is 2.84. The first-order chi connectivity index (χ1) is 8.11. The van der Waals surface area contributed by atoms with Gasteiger partial charge in [-0.1, -0.05) is 15.9 Å². The van der Waals surface area contributed by atoms with Gasteiger partial charge in [0, 0.05) is 23.8 Å². The molecule has 1 N–H and O–H groups in total. The second kappa shape index (κ2) is 5.06. The number of hydrogen-bond acceptors (Lipinski definition) is 3. The molecule has 1 aliphatic heterocycles. The molecule has 0 aliphatic carbocycles. The molecule has 1 aromatic carbocycles. The Bertz CT molecular complexity index is 437. The molecule has 0 radical (unpaired) electrons. The van der Waals surface area contributed by atoms with Crippen LogP contribution in [0.25, 0.3) is 0 Å². The molecule has 1 aromatic rings. The normalized spacial score (nSPS) is 16.4. The van der Waals surface area contributed by atoms with E-state index in [-0.39, 0.29) is 12.0 Å². The molecule has 0 saturated carbocycles. The minimum absolute atomic E-state index is 0.0396. The number of anilines is 1.